The minimum absolute atomic E-state index is 0.303. The predicted molar refractivity (Wildman–Crippen MR) is 74.3 cm³/mol. The summed E-state index contributed by atoms with van der Waals surface area (Å²) in [6.45, 7) is 3.64. The first-order chi connectivity index (χ1) is 8.97. The van der Waals surface area contributed by atoms with E-state index >= 15 is 0 Å². The molecule has 0 radical (unpaired) electrons. The molecular formula is C14H14BrFN2O. The lowest BCUT2D eigenvalue weighted by atomic mass is 10.0. The first-order valence-electron chi connectivity index (χ1n) is 5.90. The van der Waals surface area contributed by atoms with Gasteiger partial charge in [-0.15, -0.1) is 0 Å². The van der Waals surface area contributed by atoms with Crippen molar-refractivity contribution in [1.82, 2.24) is 10.2 Å². The van der Waals surface area contributed by atoms with Crippen LogP contribution in [-0.2, 0) is 6.42 Å². The SMILES string of the molecule is Cc1cc(C(O)Cc2ccc(F)cc2Br)c(C)nn1. The lowest BCUT2D eigenvalue weighted by Crippen LogP contribution is -2.07. The highest BCUT2D eigenvalue weighted by molar-refractivity contribution is 9.10. The van der Waals surface area contributed by atoms with Crippen LogP contribution in [0.1, 0.15) is 28.6 Å². The van der Waals surface area contributed by atoms with Crippen LogP contribution in [0, 0.1) is 19.7 Å². The van der Waals surface area contributed by atoms with Crippen LogP contribution in [0.25, 0.3) is 0 Å². The van der Waals surface area contributed by atoms with E-state index in [1.54, 1.807) is 6.07 Å². The van der Waals surface area contributed by atoms with E-state index < -0.39 is 6.10 Å². The van der Waals surface area contributed by atoms with Crippen molar-refractivity contribution in [2.45, 2.75) is 26.4 Å². The molecule has 1 atom stereocenters. The monoisotopic (exact) mass is 324 g/mol. The molecule has 1 N–H and O–H groups in total. The molecule has 0 bridgehead atoms. The van der Waals surface area contributed by atoms with E-state index in [2.05, 4.69) is 26.1 Å². The molecule has 0 aliphatic rings. The van der Waals surface area contributed by atoms with E-state index in [4.69, 9.17) is 0 Å². The molecule has 19 heavy (non-hydrogen) atoms. The standard InChI is InChI=1S/C14H14BrFN2O/c1-8-5-12(9(2)18-17-8)14(19)6-10-3-4-11(16)7-13(10)15/h3-5,7,14,19H,6H2,1-2H3. The summed E-state index contributed by atoms with van der Waals surface area (Å²) < 4.78 is 13.7. The van der Waals surface area contributed by atoms with Crippen molar-refractivity contribution >= 4 is 15.9 Å². The molecule has 0 amide bonds. The van der Waals surface area contributed by atoms with E-state index in [1.807, 2.05) is 19.9 Å². The zero-order valence-electron chi connectivity index (χ0n) is 10.7. The van der Waals surface area contributed by atoms with Gasteiger partial charge in [0.2, 0.25) is 0 Å². The number of aryl methyl sites for hydroxylation is 2. The first-order valence-corrected chi connectivity index (χ1v) is 6.69. The van der Waals surface area contributed by atoms with Crippen LogP contribution >= 0.6 is 15.9 Å². The molecule has 100 valence electrons. The van der Waals surface area contributed by atoms with Crippen LogP contribution in [0.5, 0.6) is 0 Å². The Hall–Kier alpha value is -1.33. The zero-order valence-corrected chi connectivity index (χ0v) is 12.3. The minimum atomic E-state index is -0.684. The van der Waals surface area contributed by atoms with Gasteiger partial charge in [-0.05, 0) is 37.6 Å². The molecule has 0 spiro atoms. The molecule has 0 saturated carbocycles. The van der Waals surface area contributed by atoms with Crippen LogP contribution in [0.15, 0.2) is 28.7 Å². The number of aromatic nitrogens is 2. The normalized spacial score (nSPS) is 12.5. The number of aliphatic hydroxyl groups is 1. The quantitative estimate of drug-likeness (QED) is 0.942. The fourth-order valence-corrected chi connectivity index (χ4v) is 2.43. The average molecular weight is 325 g/mol. The van der Waals surface area contributed by atoms with E-state index in [0.717, 1.165) is 16.8 Å². The Morgan fingerprint density at radius 2 is 2.00 bits per heavy atom. The highest BCUT2D eigenvalue weighted by atomic mass is 79.9. The van der Waals surface area contributed by atoms with Crippen molar-refractivity contribution in [3.63, 3.8) is 0 Å². The molecule has 5 heteroatoms. The van der Waals surface area contributed by atoms with Crippen molar-refractivity contribution in [2.24, 2.45) is 0 Å². The fraction of sp³-hybridized carbons (Fsp3) is 0.286. The fourth-order valence-electron chi connectivity index (χ4n) is 1.91. The van der Waals surface area contributed by atoms with Crippen LogP contribution in [0.4, 0.5) is 4.39 Å². The molecule has 1 heterocycles. The number of hydrogen-bond acceptors (Lipinski definition) is 3. The second-order valence-electron chi connectivity index (χ2n) is 4.48. The molecule has 2 rings (SSSR count). The van der Waals surface area contributed by atoms with Crippen molar-refractivity contribution < 1.29 is 9.50 Å². The molecule has 1 aromatic heterocycles. The van der Waals surface area contributed by atoms with Gasteiger partial charge in [-0.3, -0.25) is 0 Å². The number of benzene rings is 1. The van der Waals surface area contributed by atoms with Crippen molar-refractivity contribution in [1.29, 1.82) is 0 Å². The second-order valence-corrected chi connectivity index (χ2v) is 5.34. The third kappa shape index (κ3) is 3.36. The van der Waals surface area contributed by atoms with Gasteiger partial charge in [0.05, 0.1) is 17.5 Å². The molecule has 1 aromatic carbocycles. The molecule has 3 nitrogen and oxygen atoms in total. The van der Waals surface area contributed by atoms with E-state index in [9.17, 15) is 9.50 Å². The molecular weight excluding hydrogens is 311 g/mol. The number of nitrogens with zero attached hydrogens (tertiary/aromatic N) is 2. The van der Waals surface area contributed by atoms with Crippen molar-refractivity contribution in [2.75, 3.05) is 0 Å². The van der Waals surface area contributed by atoms with Gasteiger partial charge in [-0.2, -0.15) is 10.2 Å². The molecule has 1 unspecified atom stereocenters. The lowest BCUT2D eigenvalue weighted by molar-refractivity contribution is 0.176. The zero-order chi connectivity index (χ0) is 14.0. The van der Waals surface area contributed by atoms with E-state index in [-0.39, 0.29) is 5.82 Å². The summed E-state index contributed by atoms with van der Waals surface area (Å²) in [5, 5.41) is 18.2. The Morgan fingerprint density at radius 1 is 1.26 bits per heavy atom. The van der Waals surface area contributed by atoms with E-state index in [1.165, 1.54) is 12.1 Å². The van der Waals surface area contributed by atoms with Gasteiger partial charge in [0, 0.05) is 16.5 Å². The number of hydrogen-bond donors (Lipinski definition) is 1. The van der Waals surface area contributed by atoms with Gasteiger partial charge >= 0.3 is 0 Å². The third-order valence-corrected chi connectivity index (χ3v) is 3.67. The van der Waals surface area contributed by atoms with E-state index in [0.29, 0.717) is 16.6 Å². The van der Waals surface area contributed by atoms with Gasteiger partial charge < -0.3 is 5.11 Å². The Morgan fingerprint density at radius 3 is 2.68 bits per heavy atom. The summed E-state index contributed by atoms with van der Waals surface area (Å²) in [6.07, 6.45) is -0.289. The number of aliphatic hydroxyl groups excluding tert-OH is 1. The summed E-state index contributed by atoms with van der Waals surface area (Å²) >= 11 is 3.30. The van der Waals surface area contributed by atoms with Gasteiger partial charge in [0.15, 0.2) is 0 Å². The molecule has 0 aliphatic heterocycles. The Kier molecular flexibility index (Phi) is 4.27. The predicted octanol–water partition coefficient (Wildman–Crippen LogP) is 3.27. The van der Waals surface area contributed by atoms with Crippen LogP contribution in [0.2, 0.25) is 0 Å². The molecule has 0 fully saturated rings. The number of rotatable bonds is 3. The summed E-state index contributed by atoms with van der Waals surface area (Å²) in [4.78, 5) is 0. The van der Waals surface area contributed by atoms with Gasteiger partial charge in [0.1, 0.15) is 5.82 Å². The number of halogens is 2. The second kappa shape index (κ2) is 5.75. The Balaban J connectivity index is 2.25. The smallest absolute Gasteiger partial charge is 0.124 e. The lowest BCUT2D eigenvalue weighted by Gasteiger charge is -2.14. The maximum absolute atomic E-state index is 13.0. The summed E-state index contributed by atoms with van der Waals surface area (Å²) in [7, 11) is 0. The van der Waals surface area contributed by atoms with Gasteiger partial charge in [-0.1, -0.05) is 22.0 Å². The highest BCUT2D eigenvalue weighted by Gasteiger charge is 2.14. The maximum atomic E-state index is 13.0. The van der Waals surface area contributed by atoms with Gasteiger partial charge in [-0.25, -0.2) is 4.39 Å². The van der Waals surface area contributed by atoms with Gasteiger partial charge in [0.25, 0.3) is 0 Å². The van der Waals surface area contributed by atoms with Crippen molar-refractivity contribution in [3.05, 3.63) is 57.1 Å². The largest absolute Gasteiger partial charge is 0.388 e. The Labute approximate surface area is 119 Å². The molecule has 0 aliphatic carbocycles. The minimum Gasteiger partial charge on any atom is -0.388 e. The third-order valence-electron chi connectivity index (χ3n) is 2.93. The molecule has 2 aromatic rings. The topological polar surface area (TPSA) is 46.0 Å². The first kappa shape index (κ1) is 14.1. The van der Waals surface area contributed by atoms with Crippen LogP contribution in [0.3, 0.4) is 0 Å². The van der Waals surface area contributed by atoms with Crippen LogP contribution < -0.4 is 0 Å². The van der Waals surface area contributed by atoms with Crippen molar-refractivity contribution in [3.8, 4) is 0 Å². The summed E-state index contributed by atoms with van der Waals surface area (Å²) in [6, 6.07) is 6.27. The summed E-state index contributed by atoms with van der Waals surface area (Å²) in [5.74, 6) is -0.303. The summed E-state index contributed by atoms with van der Waals surface area (Å²) in [5.41, 5.74) is 3.07. The highest BCUT2D eigenvalue weighted by Crippen LogP contribution is 2.25. The maximum Gasteiger partial charge on any atom is 0.124 e. The Bertz CT molecular complexity index is 604. The van der Waals surface area contributed by atoms with Crippen LogP contribution in [-0.4, -0.2) is 15.3 Å². The average Bonchev–Trinajstić information content (AvgIpc) is 2.35. The molecule has 0 saturated heterocycles.